The average Bonchev–Trinajstić information content (AvgIpc) is 3.07. The Labute approximate surface area is 170 Å². The van der Waals surface area contributed by atoms with E-state index in [-0.39, 0.29) is 22.0 Å². The van der Waals surface area contributed by atoms with Crippen molar-refractivity contribution in [3.63, 3.8) is 0 Å². The van der Waals surface area contributed by atoms with E-state index in [1.165, 1.54) is 18.2 Å². The van der Waals surface area contributed by atoms with Crippen LogP contribution in [0.25, 0.3) is 16.9 Å². The van der Waals surface area contributed by atoms with Gasteiger partial charge in [0.25, 0.3) is 0 Å². The Morgan fingerprint density at radius 3 is 2.07 bits per heavy atom. The highest BCUT2D eigenvalue weighted by Gasteiger charge is 2.48. The van der Waals surface area contributed by atoms with Crippen molar-refractivity contribution >= 4 is 21.7 Å². The normalized spacial score (nSPS) is 12.8. The van der Waals surface area contributed by atoms with E-state index < -0.39 is 33.2 Å². The van der Waals surface area contributed by atoms with Crippen molar-refractivity contribution < 1.29 is 38.9 Å². The van der Waals surface area contributed by atoms with Gasteiger partial charge in [-0.2, -0.15) is 39.9 Å². The van der Waals surface area contributed by atoms with Gasteiger partial charge in [0.05, 0.1) is 16.4 Å². The van der Waals surface area contributed by atoms with Gasteiger partial charge in [0.1, 0.15) is 5.75 Å². The number of para-hydroxylation sites is 1. The third-order valence-electron chi connectivity index (χ3n) is 3.72. The monoisotopic (exact) mass is 470 g/mol. The van der Waals surface area contributed by atoms with Crippen molar-refractivity contribution in [1.29, 1.82) is 0 Å². The summed E-state index contributed by atoms with van der Waals surface area (Å²) in [5.74, 6) is -0.670. The molecule has 30 heavy (non-hydrogen) atoms. The van der Waals surface area contributed by atoms with Crippen molar-refractivity contribution in [1.82, 2.24) is 9.78 Å². The molecule has 13 heteroatoms. The van der Waals surface area contributed by atoms with E-state index in [1.807, 2.05) is 0 Å². The first-order valence-corrected chi connectivity index (χ1v) is 9.61. The molecule has 0 atom stereocenters. The Bertz CT molecular complexity index is 1170. The van der Waals surface area contributed by atoms with Crippen LogP contribution in [-0.2, 0) is 16.3 Å². The molecular weight excluding hydrogens is 462 g/mol. The molecule has 160 valence electrons. The van der Waals surface area contributed by atoms with E-state index in [0.717, 1.165) is 35.0 Å². The molecular formula is C17H9ClF6N2O3S. The standard InChI is InChI=1S/C17H9ClF6N2O3S/c18-12-3-1-2-4-13(12)26-14(9-15(25-26)16(19,20)21)10-5-7-11(8-6-10)29-30(27,28)17(22,23)24/h1-9H. The summed E-state index contributed by atoms with van der Waals surface area (Å²) >= 11 is 6.05. The van der Waals surface area contributed by atoms with Gasteiger partial charge in [-0.25, -0.2) is 4.68 Å². The quantitative estimate of drug-likeness (QED) is 0.289. The summed E-state index contributed by atoms with van der Waals surface area (Å²) in [6.45, 7) is 0. The molecule has 0 N–H and O–H groups in total. The maximum absolute atomic E-state index is 13.2. The topological polar surface area (TPSA) is 61.2 Å². The molecule has 0 fully saturated rings. The lowest BCUT2D eigenvalue weighted by Crippen LogP contribution is -2.28. The first-order chi connectivity index (χ1) is 13.8. The molecule has 0 radical (unpaired) electrons. The van der Waals surface area contributed by atoms with Crippen LogP contribution in [0.2, 0.25) is 5.02 Å². The molecule has 2 aromatic carbocycles. The summed E-state index contributed by atoms with van der Waals surface area (Å²) in [6, 6.07) is 10.6. The van der Waals surface area contributed by atoms with E-state index in [2.05, 4.69) is 9.28 Å². The van der Waals surface area contributed by atoms with Gasteiger partial charge in [-0.15, -0.1) is 0 Å². The average molecular weight is 471 g/mol. The Morgan fingerprint density at radius 1 is 0.933 bits per heavy atom. The second-order valence-electron chi connectivity index (χ2n) is 5.78. The molecule has 3 aromatic rings. The lowest BCUT2D eigenvalue weighted by Gasteiger charge is -2.11. The predicted octanol–water partition coefficient (Wildman–Crippen LogP) is 5.44. The first-order valence-electron chi connectivity index (χ1n) is 7.83. The fourth-order valence-corrected chi connectivity index (χ4v) is 3.06. The van der Waals surface area contributed by atoms with Crippen LogP contribution in [0.5, 0.6) is 5.75 Å². The van der Waals surface area contributed by atoms with Crippen LogP contribution >= 0.6 is 11.6 Å². The molecule has 3 rings (SSSR count). The predicted molar refractivity (Wildman–Crippen MR) is 94.6 cm³/mol. The van der Waals surface area contributed by atoms with E-state index >= 15 is 0 Å². The highest BCUT2D eigenvalue weighted by molar-refractivity contribution is 7.88. The highest BCUT2D eigenvalue weighted by atomic mass is 35.5. The van der Waals surface area contributed by atoms with Gasteiger partial charge in [-0.05, 0) is 42.5 Å². The van der Waals surface area contributed by atoms with E-state index in [4.69, 9.17) is 11.6 Å². The zero-order valence-electron chi connectivity index (χ0n) is 14.4. The number of benzene rings is 2. The van der Waals surface area contributed by atoms with Crippen LogP contribution in [0.1, 0.15) is 5.69 Å². The lowest BCUT2D eigenvalue weighted by atomic mass is 10.1. The minimum Gasteiger partial charge on any atom is -0.376 e. The maximum atomic E-state index is 13.2. The van der Waals surface area contributed by atoms with Gasteiger partial charge < -0.3 is 4.18 Å². The summed E-state index contributed by atoms with van der Waals surface area (Å²) < 4.78 is 104. The second-order valence-corrected chi connectivity index (χ2v) is 7.73. The van der Waals surface area contributed by atoms with Gasteiger partial charge in [0.15, 0.2) is 5.69 Å². The van der Waals surface area contributed by atoms with Crippen molar-refractivity contribution in [2.75, 3.05) is 0 Å². The van der Waals surface area contributed by atoms with Crippen molar-refractivity contribution in [3.8, 4) is 22.7 Å². The number of alkyl halides is 6. The number of nitrogens with zero attached hydrogens (tertiary/aromatic N) is 2. The summed E-state index contributed by atoms with van der Waals surface area (Å²) in [7, 11) is -5.88. The SMILES string of the molecule is O=S(=O)(Oc1ccc(-c2cc(C(F)(F)F)nn2-c2ccccc2Cl)cc1)C(F)(F)F. The number of hydrogen-bond donors (Lipinski definition) is 0. The zero-order chi connectivity index (χ0) is 22.3. The Kier molecular flexibility index (Phi) is 5.50. The molecule has 1 heterocycles. The van der Waals surface area contributed by atoms with E-state index in [9.17, 15) is 34.8 Å². The van der Waals surface area contributed by atoms with Gasteiger partial charge in [-0.1, -0.05) is 23.7 Å². The molecule has 5 nitrogen and oxygen atoms in total. The molecule has 0 amide bonds. The molecule has 0 bridgehead atoms. The molecule has 0 aliphatic rings. The molecule has 0 aliphatic carbocycles. The molecule has 0 unspecified atom stereocenters. The van der Waals surface area contributed by atoms with Crippen LogP contribution in [0.4, 0.5) is 26.3 Å². The Hall–Kier alpha value is -2.73. The number of aromatic nitrogens is 2. The number of halogens is 7. The van der Waals surface area contributed by atoms with Crippen molar-refractivity contribution in [3.05, 3.63) is 65.3 Å². The second kappa shape index (κ2) is 7.51. The summed E-state index contributed by atoms with van der Waals surface area (Å²) in [4.78, 5) is 0. The third-order valence-corrected chi connectivity index (χ3v) is 5.02. The van der Waals surface area contributed by atoms with Gasteiger partial charge >= 0.3 is 21.8 Å². The molecule has 0 spiro atoms. The van der Waals surface area contributed by atoms with Crippen LogP contribution < -0.4 is 4.18 Å². The van der Waals surface area contributed by atoms with Crippen LogP contribution in [-0.4, -0.2) is 23.7 Å². The van der Waals surface area contributed by atoms with Gasteiger partial charge in [-0.3, -0.25) is 0 Å². The van der Waals surface area contributed by atoms with Crippen LogP contribution in [0.15, 0.2) is 54.6 Å². The maximum Gasteiger partial charge on any atom is 0.534 e. The van der Waals surface area contributed by atoms with Crippen LogP contribution in [0, 0.1) is 0 Å². The highest BCUT2D eigenvalue weighted by Crippen LogP contribution is 2.35. The van der Waals surface area contributed by atoms with Crippen LogP contribution in [0.3, 0.4) is 0 Å². The molecule has 0 aliphatic heterocycles. The molecule has 0 saturated heterocycles. The largest absolute Gasteiger partial charge is 0.534 e. The molecule has 1 aromatic heterocycles. The van der Waals surface area contributed by atoms with E-state index in [0.29, 0.717) is 0 Å². The van der Waals surface area contributed by atoms with Gasteiger partial charge in [0, 0.05) is 5.56 Å². The number of rotatable bonds is 4. The summed E-state index contributed by atoms with van der Waals surface area (Å²) in [5, 5.41) is 3.64. The fraction of sp³-hybridized carbons (Fsp3) is 0.118. The Balaban J connectivity index is 2.05. The summed E-state index contributed by atoms with van der Waals surface area (Å²) in [6.07, 6.45) is -4.77. The molecule has 0 saturated carbocycles. The minimum atomic E-state index is -5.88. The minimum absolute atomic E-state index is 0.0827. The fourth-order valence-electron chi connectivity index (χ4n) is 2.39. The smallest absolute Gasteiger partial charge is 0.376 e. The summed E-state index contributed by atoms with van der Waals surface area (Å²) in [5.41, 5.74) is -6.71. The van der Waals surface area contributed by atoms with Gasteiger partial charge in [0.2, 0.25) is 0 Å². The van der Waals surface area contributed by atoms with Crippen molar-refractivity contribution in [2.24, 2.45) is 0 Å². The first kappa shape index (κ1) is 22.0. The third kappa shape index (κ3) is 4.38. The lowest BCUT2D eigenvalue weighted by molar-refractivity contribution is -0.141. The number of hydrogen-bond acceptors (Lipinski definition) is 4. The van der Waals surface area contributed by atoms with Crippen molar-refractivity contribution in [2.45, 2.75) is 11.7 Å². The Morgan fingerprint density at radius 2 is 1.53 bits per heavy atom. The zero-order valence-corrected chi connectivity index (χ0v) is 15.9. The van der Waals surface area contributed by atoms with E-state index in [1.54, 1.807) is 6.07 Å².